The number of nitrogens with zero attached hydrogens (tertiary/aromatic N) is 2. The molecule has 1 aliphatic rings. The van der Waals surface area contributed by atoms with Gasteiger partial charge >= 0.3 is 0 Å². The maximum atomic E-state index is 13.4. The zero-order chi connectivity index (χ0) is 17.2. The molecule has 1 aromatic heterocycles. The Labute approximate surface area is 151 Å². The van der Waals surface area contributed by atoms with E-state index < -0.39 is 23.2 Å². The highest BCUT2D eigenvalue weighted by molar-refractivity contribution is 5.85. The van der Waals surface area contributed by atoms with Gasteiger partial charge in [0.1, 0.15) is 5.54 Å². The van der Waals surface area contributed by atoms with Gasteiger partial charge in [-0.15, -0.1) is 12.4 Å². The third kappa shape index (κ3) is 3.82. The number of aromatic nitrogens is 2. The average molecular weight is 371 g/mol. The third-order valence-electron chi connectivity index (χ3n) is 4.59. The number of rotatable bonds is 4. The van der Waals surface area contributed by atoms with Crippen LogP contribution in [0.3, 0.4) is 0 Å². The Morgan fingerprint density at radius 2 is 2.04 bits per heavy atom. The van der Waals surface area contributed by atoms with Gasteiger partial charge in [0.2, 0.25) is 5.91 Å². The average Bonchev–Trinajstić information content (AvgIpc) is 3.13. The summed E-state index contributed by atoms with van der Waals surface area (Å²) < 4.78 is 28.2. The molecule has 0 radical (unpaired) electrons. The standard InChI is InChI=1S/C17H20F2N4O.ClH/c1-12(13-3-4-14(18)15(19)11-13)22-16(24)17(5-8-20-9-6-17)23-10-2-7-21-23;/h2-4,7,10-12,20H,5-6,8-9H2,1H3,(H,22,24);1H. The molecule has 0 spiro atoms. The fraction of sp³-hybridized carbons (Fsp3) is 0.412. The summed E-state index contributed by atoms with van der Waals surface area (Å²) in [5.41, 5.74) is -0.242. The lowest BCUT2D eigenvalue weighted by atomic mass is 9.87. The molecule has 1 aliphatic heterocycles. The van der Waals surface area contributed by atoms with Crippen molar-refractivity contribution in [3.63, 3.8) is 0 Å². The van der Waals surface area contributed by atoms with Crippen molar-refractivity contribution in [2.75, 3.05) is 13.1 Å². The molecule has 1 unspecified atom stereocenters. The fourth-order valence-corrected chi connectivity index (χ4v) is 3.12. The van der Waals surface area contributed by atoms with Gasteiger partial charge in [-0.05, 0) is 56.6 Å². The van der Waals surface area contributed by atoms with Gasteiger partial charge in [-0.1, -0.05) is 6.07 Å². The van der Waals surface area contributed by atoms with Crippen LogP contribution in [0.15, 0.2) is 36.7 Å². The molecule has 3 rings (SSSR count). The maximum absolute atomic E-state index is 13.4. The molecule has 25 heavy (non-hydrogen) atoms. The molecular formula is C17H21ClF2N4O. The zero-order valence-electron chi connectivity index (χ0n) is 13.8. The van der Waals surface area contributed by atoms with Crippen LogP contribution in [0.2, 0.25) is 0 Å². The molecule has 2 N–H and O–H groups in total. The largest absolute Gasteiger partial charge is 0.347 e. The molecule has 0 saturated carbocycles. The molecule has 1 amide bonds. The molecule has 1 saturated heterocycles. The minimum Gasteiger partial charge on any atom is -0.347 e. The summed E-state index contributed by atoms with van der Waals surface area (Å²) in [4.78, 5) is 13.0. The molecule has 1 atom stereocenters. The molecule has 5 nitrogen and oxygen atoms in total. The Morgan fingerprint density at radius 3 is 2.64 bits per heavy atom. The van der Waals surface area contributed by atoms with E-state index in [1.807, 2.05) is 0 Å². The van der Waals surface area contributed by atoms with Crippen LogP contribution in [-0.4, -0.2) is 28.8 Å². The van der Waals surface area contributed by atoms with Gasteiger partial charge in [0.05, 0.1) is 6.04 Å². The van der Waals surface area contributed by atoms with E-state index in [9.17, 15) is 13.6 Å². The number of amides is 1. The minimum atomic E-state index is -0.919. The molecule has 0 aliphatic carbocycles. The van der Waals surface area contributed by atoms with E-state index in [0.717, 1.165) is 12.1 Å². The van der Waals surface area contributed by atoms with E-state index in [2.05, 4.69) is 15.7 Å². The number of halogens is 3. The second kappa shape index (κ2) is 7.93. The highest BCUT2D eigenvalue weighted by Gasteiger charge is 2.42. The van der Waals surface area contributed by atoms with Gasteiger partial charge in [-0.2, -0.15) is 5.10 Å². The monoisotopic (exact) mass is 370 g/mol. The van der Waals surface area contributed by atoms with Gasteiger partial charge < -0.3 is 10.6 Å². The summed E-state index contributed by atoms with van der Waals surface area (Å²) in [6.07, 6.45) is 4.67. The second-order valence-electron chi connectivity index (χ2n) is 6.10. The minimum absolute atomic E-state index is 0. The second-order valence-corrected chi connectivity index (χ2v) is 6.10. The van der Waals surface area contributed by atoms with E-state index in [-0.39, 0.29) is 18.3 Å². The molecule has 1 aromatic carbocycles. The van der Waals surface area contributed by atoms with E-state index in [1.165, 1.54) is 6.07 Å². The third-order valence-corrected chi connectivity index (χ3v) is 4.59. The van der Waals surface area contributed by atoms with Gasteiger partial charge in [-0.25, -0.2) is 8.78 Å². The number of hydrogen-bond acceptors (Lipinski definition) is 3. The number of nitrogens with one attached hydrogen (secondary N) is 2. The van der Waals surface area contributed by atoms with Crippen LogP contribution in [0, 0.1) is 11.6 Å². The van der Waals surface area contributed by atoms with Crippen molar-refractivity contribution < 1.29 is 13.6 Å². The highest BCUT2D eigenvalue weighted by Crippen LogP contribution is 2.28. The molecule has 2 heterocycles. The molecule has 8 heteroatoms. The summed E-state index contributed by atoms with van der Waals surface area (Å²) in [7, 11) is 0. The van der Waals surface area contributed by atoms with Crippen LogP contribution in [0.5, 0.6) is 0 Å². The van der Waals surface area contributed by atoms with Crippen LogP contribution in [0.1, 0.15) is 31.4 Å². The molecular weight excluding hydrogens is 350 g/mol. The first-order chi connectivity index (χ1) is 11.5. The summed E-state index contributed by atoms with van der Waals surface area (Å²) in [5.74, 6) is -1.98. The number of carbonyl (C=O) groups excluding carboxylic acids is 1. The normalized spacial score (nSPS) is 17.4. The summed E-state index contributed by atoms with van der Waals surface area (Å²) >= 11 is 0. The number of piperidine rings is 1. The van der Waals surface area contributed by atoms with Crippen molar-refractivity contribution in [2.24, 2.45) is 0 Å². The van der Waals surface area contributed by atoms with Crippen molar-refractivity contribution in [1.82, 2.24) is 20.4 Å². The van der Waals surface area contributed by atoms with Gasteiger partial charge in [0.15, 0.2) is 11.6 Å². The zero-order valence-corrected chi connectivity index (χ0v) is 14.7. The van der Waals surface area contributed by atoms with E-state index in [4.69, 9.17) is 0 Å². The molecule has 0 bridgehead atoms. The predicted molar refractivity (Wildman–Crippen MR) is 92.5 cm³/mol. The number of hydrogen-bond donors (Lipinski definition) is 2. The predicted octanol–water partition coefficient (Wildman–Crippen LogP) is 2.54. The molecule has 136 valence electrons. The lowest BCUT2D eigenvalue weighted by Crippen LogP contribution is -2.55. The lowest BCUT2D eigenvalue weighted by molar-refractivity contribution is -0.132. The highest BCUT2D eigenvalue weighted by atomic mass is 35.5. The Bertz CT molecular complexity index is 717. The van der Waals surface area contributed by atoms with Crippen molar-refractivity contribution >= 4 is 18.3 Å². The van der Waals surface area contributed by atoms with Crippen LogP contribution >= 0.6 is 12.4 Å². The van der Waals surface area contributed by atoms with E-state index >= 15 is 0 Å². The first-order valence-electron chi connectivity index (χ1n) is 8.00. The molecule has 1 fully saturated rings. The Balaban J connectivity index is 0.00000225. The smallest absolute Gasteiger partial charge is 0.248 e. The van der Waals surface area contributed by atoms with E-state index in [0.29, 0.717) is 31.5 Å². The van der Waals surface area contributed by atoms with Crippen molar-refractivity contribution in [3.8, 4) is 0 Å². The Morgan fingerprint density at radius 1 is 1.32 bits per heavy atom. The summed E-state index contributed by atoms with van der Waals surface area (Å²) in [6, 6.07) is 5.02. The summed E-state index contributed by atoms with van der Waals surface area (Å²) in [5, 5.41) is 10.4. The quantitative estimate of drug-likeness (QED) is 0.869. The van der Waals surface area contributed by atoms with Crippen LogP contribution in [0.4, 0.5) is 8.78 Å². The maximum Gasteiger partial charge on any atom is 0.248 e. The van der Waals surface area contributed by atoms with Gasteiger partial charge in [0.25, 0.3) is 0 Å². The Hall–Kier alpha value is -1.99. The van der Waals surface area contributed by atoms with Gasteiger partial charge in [0, 0.05) is 12.4 Å². The van der Waals surface area contributed by atoms with Crippen LogP contribution in [0.25, 0.3) is 0 Å². The van der Waals surface area contributed by atoms with Crippen LogP contribution in [-0.2, 0) is 10.3 Å². The number of carbonyl (C=O) groups is 1. The van der Waals surface area contributed by atoms with E-state index in [1.54, 1.807) is 30.1 Å². The van der Waals surface area contributed by atoms with Crippen molar-refractivity contribution in [1.29, 1.82) is 0 Å². The molecule has 2 aromatic rings. The van der Waals surface area contributed by atoms with Crippen LogP contribution < -0.4 is 10.6 Å². The fourth-order valence-electron chi connectivity index (χ4n) is 3.12. The van der Waals surface area contributed by atoms with Crippen molar-refractivity contribution in [3.05, 3.63) is 53.9 Å². The number of benzene rings is 1. The van der Waals surface area contributed by atoms with Gasteiger partial charge in [-0.3, -0.25) is 9.48 Å². The lowest BCUT2D eigenvalue weighted by Gasteiger charge is -2.37. The summed E-state index contributed by atoms with van der Waals surface area (Å²) in [6.45, 7) is 3.18. The first kappa shape index (κ1) is 19.3. The van der Waals surface area contributed by atoms with Crippen molar-refractivity contribution in [2.45, 2.75) is 31.3 Å². The topological polar surface area (TPSA) is 59.0 Å². The Kier molecular flexibility index (Phi) is 6.13. The SMILES string of the molecule is CC(NC(=O)C1(n2cccn2)CCNCC1)c1ccc(F)c(F)c1.Cl. The first-order valence-corrected chi connectivity index (χ1v) is 8.00.